The van der Waals surface area contributed by atoms with Gasteiger partial charge in [0.1, 0.15) is 5.75 Å². The van der Waals surface area contributed by atoms with Crippen molar-refractivity contribution in [3.63, 3.8) is 0 Å². The van der Waals surface area contributed by atoms with E-state index < -0.39 is 0 Å². The molecule has 1 fully saturated rings. The van der Waals surface area contributed by atoms with Crippen molar-refractivity contribution in [2.24, 2.45) is 0 Å². The lowest BCUT2D eigenvalue weighted by Crippen LogP contribution is -2.36. The van der Waals surface area contributed by atoms with E-state index in [1.807, 2.05) is 24.3 Å². The van der Waals surface area contributed by atoms with E-state index in [1.165, 1.54) is 17.5 Å². The zero-order valence-corrected chi connectivity index (χ0v) is 16.0. The molecule has 1 aliphatic carbocycles. The van der Waals surface area contributed by atoms with Crippen molar-refractivity contribution in [1.82, 2.24) is 10.3 Å². The van der Waals surface area contributed by atoms with Gasteiger partial charge >= 0.3 is 0 Å². The van der Waals surface area contributed by atoms with Crippen LogP contribution >= 0.6 is 0 Å². The van der Waals surface area contributed by atoms with Crippen LogP contribution in [0.1, 0.15) is 17.5 Å². The number of nitrogens with one attached hydrogen (secondary N) is 1. The number of rotatable bonds is 5. The lowest BCUT2D eigenvalue weighted by molar-refractivity contribution is -0.118. The number of hydrogen-bond donors (Lipinski definition) is 1. The molecule has 1 saturated heterocycles. The number of amides is 1. The van der Waals surface area contributed by atoms with Gasteiger partial charge in [-0.2, -0.15) is 0 Å². The first-order chi connectivity index (χ1) is 14.3. The predicted molar refractivity (Wildman–Crippen MR) is 107 cm³/mol. The highest BCUT2D eigenvalue weighted by Crippen LogP contribution is 2.30. The number of nitrogens with zero attached hydrogens (tertiary/aromatic N) is 3. The summed E-state index contributed by atoms with van der Waals surface area (Å²) < 4.78 is 16.0. The standard InChI is InChI=1S/C21H22N4O4/c26-19(13-28-16-5-4-14-2-1-3-15(14)12-16)22-17-6-7-18(21-20(17)23-29-24-21)25-8-10-27-11-9-25/h4-7,12H,1-3,8-11,13H2,(H,22,26). The molecule has 29 heavy (non-hydrogen) atoms. The average molecular weight is 394 g/mol. The molecular weight excluding hydrogens is 372 g/mol. The van der Waals surface area contributed by atoms with Crippen LogP contribution in [0.15, 0.2) is 35.0 Å². The third-order valence-electron chi connectivity index (χ3n) is 5.46. The molecule has 0 spiro atoms. The number of hydrogen-bond acceptors (Lipinski definition) is 7. The van der Waals surface area contributed by atoms with Gasteiger partial charge in [0.2, 0.25) is 0 Å². The summed E-state index contributed by atoms with van der Waals surface area (Å²) in [5.41, 5.74) is 5.34. The maximum Gasteiger partial charge on any atom is 0.262 e. The zero-order valence-electron chi connectivity index (χ0n) is 16.0. The fourth-order valence-corrected chi connectivity index (χ4v) is 3.99. The summed E-state index contributed by atoms with van der Waals surface area (Å²) >= 11 is 0. The van der Waals surface area contributed by atoms with Crippen LogP contribution in [-0.2, 0) is 22.4 Å². The first-order valence-corrected chi connectivity index (χ1v) is 9.90. The first-order valence-electron chi connectivity index (χ1n) is 9.90. The smallest absolute Gasteiger partial charge is 0.262 e. The highest BCUT2D eigenvalue weighted by Gasteiger charge is 2.20. The first kappa shape index (κ1) is 17.9. The Bertz CT molecular complexity index is 1040. The molecule has 1 N–H and O–H groups in total. The Morgan fingerprint density at radius 1 is 1.07 bits per heavy atom. The Labute approximate surface area is 167 Å². The molecule has 1 amide bonds. The fraction of sp³-hybridized carbons (Fsp3) is 0.381. The van der Waals surface area contributed by atoms with Crippen molar-refractivity contribution in [3.05, 3.63) is 41.5 Å². The van der Waals surface area contributed by atoms with Crippen molar-refractivity contribution in [1.29, 1.82) is 0 Å². The highest BCUT2D eigenvalue weighted by molar-refractivity contribution is 6.03. The normalized spacial score (nSPS) is 16.1. The maximum atomic E-state index is 12.4. The highest BCUT2D eigenvalue weighted by atomic mass is 16.6. The molecule has 8 heteroatoms. The van der Waals surface area contributed by atoms with Crippen molar-refractivity contribution < 1.29 is 18.9 Å². The van der Waals surface area contributed by atoms with Gasteiger partial charge in [-0.25, -0.2) is 4.63 Å². The summed E-state index contributed by atoms with van der Waals surface area (Å²) in [5.74, 6) is 0.464. The molecule has 2 heterocycles. The molecule has 0 atom stereocenters. The largest absolute Gasteiger partial charge is 0.484 e. The molecule has 0 unspecified atom stereocenters. The van der Waals surface area contributed by atoms with Gasteiger partial charge in [0.15, 0.2) is 17.6 Å². The van der Waals surface area contributed by atoms with Gasteiger partial charge in [-0.1, -0.05) is 6.07 Å². The van der Waals surface area contributed by atoms with E-state index in [0.29, 0.717) is 29.9 Å². The molecule has 3 aromatic rings. The van der Waals surface area contributed by atoms with Crippen LogP contribution in [-0.4, -0.2) is 49.1 Å². The minimum absolute atomic E-state index is 0.0726. The average Bonchev–Trinajstić information content (AvgIpc) is 3.42. The van der Waals surface area contributed by atoms with Crippen LogP contribution < -0.4 is 15.0 Å². The second-order valence-corrected chi connectivity index (χ2v) is 7.31. The van der Waals surface area contributed by atoms with E-state index in [2.05, 4.69) is 26.6 Å². The number of aryl methyl sites for hydroxylation is 2. The molecule has 8 nitrogen and oxygen atoms in total. The van der Waals surface area contributed by atoms with E-state index in [9.17, 15) is 4.79 Å². The summed E-state index contributed by atoms with van der Waals surface area (Å²) in [6.07, 6.45) is 3.38. The van der Waals surface area contributed by atoms with Gasteiger partial charge in [0, 0.05) is 13.1 Å². The van der Waals surface area contributed by atoms with E-state index in [-0.39, 0.29) is 12.5 Å². The van der Waals surface area contributed by atoms with Gasteiger partial charge in [0.05, 0.1) is 24.6 Å². The molecular formula is C21H22N4O4. The van der Waals surface area contributed by atoms with Crippen LogP contribution in [0.4, 0.5) is 11.4 Å². The number of aromatic nitrogens is 2. The molecule has 2 aromatic carbocycles. The number of carbonyl (C=O) groups excluding carboxylic acids is 1. The molecule has 2 aliphatic rings. The van der Waals surface area contributed by atoms with Crippen LogP contribution in [0.25, 0.3) is 11.0 Å². The Morgan fingerprint density at radius 3 is 2.79 bits per heavy atom. The van der Waals surface area contributed by atoms with Crippen LogP contribution in [0, 0.1) is 0 Å². The number of ether oxygens (including phenoxy) is 2. The number of benzene rings is 2. The summed E-state index contributed by atoms with van der Waals surface area (Å²) in [5, 5.41) is 10.9. The van der Waals surface area contributed by atoms with Crippen molar-refractivity contribution in [2.75, 3.05) is 43.1 Å². The third-order valence-corrected chi connectivity index (χ3v) is 5.46. The Kier molecular flexibility index (Phi) is 4.77. The molecule has 1 aliphatic heterocycles. The molecule has 0 saturated carbocycles. The Balaban J connectivity index is 1.27. The van der Waals surface area contributed by atoms with Gasteiger partial charge in [-0.05, 0) is 65.0 Å². The monoisotopic (exact) mass is 394 g/mol. The Hall–Kier alpha value is -3.13. The number of morpholine rings is 1. The lowest BCUT2D eigenvalue weighted by Gasteiger charge is -2.28. The van der Waals surface area contributed by atoms with Gasteiger partial charge in [0.25, 0.3) is 5.91 Å². The van der Waals surface area contributed by atoms with E-state index >= 15 is 0 Å². The maximum absolute atomic E-state index is 12.4. The second-order valence-electron chi connectivity index (χ2n) is 7.31. The molecule has 150 valence electrons. The van der Waals surface area contributed by atoms with Crippen LogP contribution in [0.2, 0.25) is 0 Å². The number of fused-ring (bicyclic) bond motifs is 2. The zero-order chi connectivity index (χ0) is 19.6. The van der Waals surface area contributed by atoms with Gasteiger partial charge in [-0.3, -0.25) is 4.79 Å². The van der Waals surface area contributed by atoms with E-state index in [4.69, 9.17) is 14.1 Å². The SMILES string of the molecule is O=C(COc1ccc2c(c1)CCC2)Nc1ccc(N2CCOCC2)c2nonc12. The molecule has 1 aromatic heterocycles. The fourth-order valence-electron chi connectivity index (χ4n) is 3.99. The van der Waals surface area contributed by atoms with Crippen LogP contribution in [0.5, 0.6) is 5.75 Å². The lowest BCUT2D eigenvalue weighted by atomic mass is 10.1. The summed E-state index contributed by atoms with van der Waals surface area (Å²) in [6, 6.07) is 9.80. The molecule has 0 bridgehead atoms. The molecule has 0 radical (unpaired) electrons. The summed E-state index contributed by atoms with van der Waals surface area (Å²) in [7, 11) is 0. The topological polar surface area (TPSA) is 89.7 Å². The quantitative estimate of drug-likeness (QED) is 0.711. The summed E-state index contributed by atoms with van der Waals surface area (Å²) in [6.45, 7) is 2.83. The summed E-state index contributed by atoms with van der Waals surface area (Å²) in [4.78, 5) is 14.6. The van der Waals surface area contributed by atoms with E-state index in [0.717, 1.165) is 37.4 Å². The van der Waals surface area contributed by atoms with Gasteiger partial charge < -0.3 is 19.7 Å². The minimum atomic E-state index is -0.256. The minimum Gasteiger partial charge on any atom is -0.484 e. The molecule has 5 rings (SSSR count). The van der Waals surface area contributed by atoms with E-state index in [1.54, 1.807) is 0 Å². The van der Waals surface area contributed by atoms with Crippen molar-refractivity contribution in [3.8, 4) is 5.75 Å². The van der Waals surface area contributed by atoms with Crippen molar-refractivity contribution >= 4 is 28.3 Å². The second kappa shape index (κ2) is 7.71. The van der Waals surface area contributed by atoms with Crippen molar-refractivity contribution in [2.45, 2.75) is 19.3 Å². The van der Waals surface area contributed by atoms with Gasteiger partial charge in [-0.15, -0.1) is 0 Å². The number of anilines is 2. The Morgan fingerprint density at radius 2 is 1.90 bits per heavy atom. The third kappa shape index (κ3) is 3.63. The number of carbonyl (C=O) groups is 1. The van der Waals surface area contributed by atoms with Crippen LogP contribution in [0.3, 0.4) is 0 Å². The predicted octanol–water partition coefficient (Wildman–Crippen LogP) is 2.57.